The first kappa shape index (κ1) is 17.4. The standard InChI is InChI=1S/C21H20FN3O2/c1-27-21(26)14-8-11-17-18(12-14)25-20(23-16-4-2-3-5-16)19(24-17)13-6-9-15(22)10-7-13/h6-12,16H,2-5H2,1H3,(H,23,25). The van der Waals surface area contributed by atoms with Gasteiger partial charge in [-0.1, -0.05) is 12.8 Å². The molecule has 1 aliphatic carbocycles. The molecule has 2 aromatic carbocycles. The fourth-order valence-electron chi connectivity index (χ4n) is 3.47. The average Bonchev–Trinajstić information content (AvgIpc) is 3.20. The molecular weight excluding hydrogens is 345 g/mol. The summed E-state index contributed by atoms with van der Waals surface area (Å²) in [5.74, 6) is -0.0462. The number of esters is 1. The lowest BCUT2D eigenvalue weighted by Crippen LogP contribution is -2.17. The summed E-state index contributed by atoms with van der Waals surface area (Å²) < 4.78 is 18.1. The number of nitrogens with zero attached hydrogens (tertiary/aromatic N) is 2. The van der Waals surface area contributed by atoms with Crippen LogP contribution in [0.2, 0.25) is 0 Å². The minimum Gasteiger partial charge on any atom is -0.465 e. The Kier molecular flexibility index (Phi) is 4.71. The van der Waals surface area contributed by atoms with Crippen LogP contribution in [-0.4, -0.2) is 29.1 Å². The molecule has 0 atom stereocenters. The lowest BCUT2D eigenvalue weighted by molar-refractivity contribution is 0.0601. The number of halogens is 1. The van der Waals surface area contributed by atoms with Crippen molar-refractivity contribution in [2.24, 2.45) is 0 Å². The first-order valence-corrected chi connectivity index (χ1v) is 9.06. The van der Waals surface area contributed by atoms with E-state index < -0.39 is 5.97 Å². The number of benzene rings is 2. The van der Waals surface area contributed by atoms with Gasteiger partial charge >= 0.3 is 5.97 Å². The summed E-state index contributed by atoms with van der Waals surface area (Å²) in [6.45, 7) is 0. The lowest BCUT2D eigenvalue weighted by atomic mass is 10.1. The van der Waals surface area contributed by atoms with Crippen LogP contribution < -0.4 is 5.32 Å². The first-order valence-electron chi connectivity index (χ1n) is 9.06. The number of methoxy groups -OCH3 is 1. The number of fused-ring (bicyclic) bond motifs is 1. The highest BCUT2D eigenvalue weighted by Gasteiger charge is 2.19. The fourth-order valence-corrected chi connectivity index (χ4v) is 3.47. The molecule has 138 valence electrons. The highest BCUT2D eigenvalue weighted by atomic mass is 19.1. The van der Waals surface area contributed by atoms with Crippen LogP contribution in [0.15, 0.2) is 42.5 Å². The zero-order valence-electron chi connectivity index (χ0n) is 15.0. The maximum Gasteiger partial charge on any atom is 0.337 e. The second kappa shape index (κ2) is 7.31. The second-order valence-corrected chi connectivity index (χ2v) is 6.75. The Morgan fingerprint density at radius 2 is 1.81 bits per heavy atom. The van der Waals surface area contributed by atoms with Crippen LogP contribution in [-0.2, 0) is 4.74 Å². The summed E-state index contributed by atoms with van der Waals surface area (Å²) in [7, 11) is 1.35. The van der Waals surface area contributed by atoms with E-state index >= 15 is 0 Å². The van der Waals surface area contributed by atoms with Crippen LogP contribution in [0.5, 0.6) is 0 Å². The van der Waals surface area contributed by atoms with Crippen molar-refractivity contribution in [3.63, 3.8) is 0 Å². The number of hydrogen-bond donors (Lipinski definition) is 1. The molecule has 5 nitrogen and oxygen atoms in total. The summed E-state index contributed by atoms with van der Waals surface area (Å²) in [5, 5.41) is 3.49. The molecule has 0 saturated heterocycles. The molecular formula is C21H20FN3O2. The average molecular weight is 365 g/mol. The number of hydrogen-bond acceptors (Lipinski definition) is 5. The van der Waals surface area contributed by atoms with E-state index in [0.717, 1.165) is 18.4 Å². The lowest BCUT2D eigenvalue weighted by Gasteiger charge is -2.17. The fraction of sp³-hybridized carbons (Fsp3) is 0.286. The molecule has 0 unspecified atom stereocenters. The van der Waals surface area contributed by atoms with Gasteiger partial charge in [0.15, 0.2) is 5.82 Å². The van der Waals surface area contributed by atoms with E-state index in [1.165, 1.54) is 32.1 Å². The number of rotatable bonds is 4. The van der Waals surface area contributed by atoms with E-state index in [1.54, 1.807) is 30.3 Å². The van der Waals surface area contributed by atoms with E-state index in [2.05, 4.69) is 5.32 Å². The topological polar surface area (TPSA) is 64.1 Å². The highest BCUT2D eigenvalue weighted by Crippen LogP contribution is 2.30. The quantitative estimate of drug-likeness (QED) is 0.686. The molecule has 0 aliphatic heterocycles. The second-order valence-electron chi connectivity index (χ2n) is 6.75. The van der Waals surface area contributed by atoms with Gasteiger partial charge in [-0.3, -0.25) is 0 Å². The summed E-state index contributed by atoms with van der Waals surface area (Å²) in [6.07, 6.45) is 4.56. The van der Waals surface area contributed by atoms with Crippen molar-refractivity contribution in [3.8, 4) is 11.3 Å². The Labute approximate surface area is 156 Å². The maximum atomic E-state index is 13.3. The Morgan fingerprint density at radius 1 is 1.07 bits per heavy atom. The predicted octanol–water partition coefficient (Wildman–Crippen LogP) is 4.58. The Hall–Kier alpha value is -3.02. The Balaban J connectivity index is 1.83. The molecule has 0 spiro atoms. The largest absolute Gasteiger partial charge is 0.465 e. The molecule has 1 heterocycles. The maximum absolute atomic E-state index is 13.3. The zero-order chi connectivity index (χ0) is 18.8. The number of carbonyl (C=O) groups excluding carboxylic acids is 1. The van der Waals surface area contributed by atoms with Crippen molar-refractivity contribution in [1.82, 2.24) is 9.97 Å². The van der Waals surface area contributed by atoms with Crippen LogP contribution >= 0.6 is 0 Å². The number of ether oxygens (including phenoxy) is 1. The van der Waals surface area contributed by atoms with Gasteiger partial charge in [0.05, 0.1) is 23.7 Å². The SMILES string of the molecule is COC(=O)c1ccc2nc(-c3ccc(F)cc3)c(NC3CCCC3)nc2c1. The van der Waals surface area contributed by atoms with Crippen molar-refractivity contribution in [2.45, 2.75) is 31.7 Å². The van der Waals surface area contributed by atoms with Crippen LogP contribution in [0.4, 0.5) is 10.2 Å². The zero-order valence-corrected chi connectivity index (χ0v) is 15.0. The molecule has 6 heteroatoms. The smallest absolute Gasteiger partial charge is 0.337 e. The van der Waals surface area contributed by atoms with E-state index in [4.69, 9.17) is 14.7 Å². The molecule has 1 N–H and O–H groups in total. The van der Waals surface area contributed by atoms with E-state index in [0.29, 0.717) is 34.2 Å². The molecule has 0 bridgehead atoms. The summed E-state index contributed by atoms with van der Waals surface area (Å²) in [6, 6.07) is 11.7. The predicted molar refractivity (Wildman–Crippen MR) is 102 cm³/mol. The van der Waals surface area contributed by atoms with E-state index in [-0.39, 0.29) is 5.82 Å². The molecule has 1 aliphatic rings. The summed E-state index contributed by atoms with van der Waals surface area (Å²) in [4.78, 5) is 21.3. The van der Waals surface area contributed by atoms with Gasteiger partial charge < -0.3 is 10.1 Å². The molecule has 27 heavy (non-hydrogen) atoms. The molecule has 3 aromatic rings. The van der Waals surface area contributed by atoms with Crippen molar-refractivity contribution in [2.75, 3.05) is 12.4 Å². The molecule has 1 aromatic heterocycles. The van der Waals surface area contributed by atoms with Crippen LogP contribution in [0.3, 0.4) is 0 Å². The minimum atomic E-state index is -0.411. The van der Waals surface area contributed by atoms with Crippen LogP contribution in [0.1, 0.15) is 36.0 Å². The van der Waals surface area contributed by atoms with Crippen LogP contribution in [0, 0.1) is 5.82 Å². The van der Waals surface area contributed by atoms with Crippen LogP contribution in [0.25, 0.3) is 22.3 Å². The third-order valence-electron chi connectivity index (χ3n) is 4.90. The molecule has 0 radical (unpaired) electrons. The van der Waals surface area contributed by atoms with E-state index in [1.807, 2.05) is 0 Å². The van der Waals surface area contributed by atoms with Crippen molar-refractivity contribution >= 4 is 22.8 Å². The molecule has 0 amide bonds. The first-order chi connectivity index (χ1) is 13.1. The van der Waals surface area contributed by atoms with Crippen molar-refractivity contribution in [3.05, 3.63) is 53.8 Å². The normalized spacial score (nSPS) is 14.4. The summed E-state index contributed by atoms with van der Waals surface area (Å²) >= 11 is 0. The Bertz CT molecular complexity index is 983. The highest BCUT2D eigenvalue weighted by molar-refractivity contribution is 5.94. The Morgan fingerprint density at radius 3 is 2.52 bits per heavy atom. The third-order valence-corrected chi connectivity index (χ3v) is 4.90. The van der Waals surface area contributed by atoms with Crippen molar-refractivity contribution < 1.29 is 13.9 Å². The van der Waals surface area contributed by atoms with Gasteiger partial charge in [-0.2, -0.15) is 0 Å². The summed E-state index contributed by atoms with van der Waals surface area (Å²) in [5.41, 5.74) is 3.19. The van der Waals surface area contributed by atoms with Gasteiger partial charge in [-0.05, 0) is 55.3 Å². The van der Waals surface area contributed by atoms with Gasteiger partial charge in [0.1, 0.15) is 11.5 Å². The third kappa shape index (κ3) is 3.60. The number of anilines is 1. The van der Waals surface area contributed by atoms with Gasteiger partial charge in [0.25, 0.3) is 0 Å². The van der Waals surface area contributed by atoms with Gasteiger partial charge in [-0.15, -0.1) is 0 Å². The molecule has 1 fully saturated rings. The number of nitrogens with one attached hydrogen (secondary N) is 1. The minimum absolute atomic E-state index is 0.291. The molecule has 4 rings (SSSR count). The van der Waals surface area contributed by atoms with Gasteiger partial charge in [0, 0.05) is 11.6 Å². The monoisotopic (exact) mass is 365 g/mol. The number of aromatic nitrogens is 2. The van der Waals surface area contributed by atoms with E-state index in [9.17, 15) is 9.18 Å². The molecule has 1 saturated carbocycles. The van der Waals surface area contributed by atoms with Gasteiger partial charge in [-0.25, -0.2) is 19.2 Å². The van der Waals surface area contributed by atoms with Crippen molar-refractivity contribution in [1.29, 1.82) is 0 Å². The number of carbonyl (C=O) groups is 1. The van der Waals surface area contributed by atoms with Gasteiger partial charge in [0.2, 0.25) is 0 Å².